The predicted molar refractivity (Wildman–Crippen MR) is 81.9 cm³/mol. The van der Waals surface area contributed by atoms with E-state index in [4.69, 9.17) is 16.2 Å². The number of amides is 1. The molecule has 0 saturated carbocycles. The Hall–Kier alpha value is -2.76. The second kappa shape index (κ2) is 6.60. The lowest BCUT2D eigenvalue weighted by Crippen LogP contribution is -2.33. The van der Waals surface area contributed by atoms with Gasteiger partial charge in [0.2, 0.25) is 11.8 Å². The molecule has 1 aromatic heterocycles. The molecule has 2 aromatic rings. The van der Waals surface area contributed by atoms with Crippen LogP contribution in [0.4, 0.5) is 11.5 Å². The molecule has 0 aliphatic carbocycles. The number of aromatic nitrogens is 1. The summed E-state index contributed by atoms with van der Waals surface area (Å²) in [4.78, 5) is 17.4. The maximum Gasteiger partial charge on any atom is 0.237 e. The van der Waals surface area contributed by atoms with Crippen LogP contribution in [0, 0.1) is 0 Å². The number of pyridine rings is 1. The molecule has 0 radical (unpaired) electrons. The molecule has 1 amide bonds. The van der Waals surface area contributed by atoms with E-state index in [2.05, 4.69) is 4.98 Å². The molecular formula is C15H18N4O2. The van der Waals surface area contributed by atoms with Gasteiger partial charge in [0.1, 0.15) is 5.82 Å². The quantitative estimate of drug-likeness (QED) is 0.777. The van der Waals surface area contributed by atoms with Crippen LogP contribution < -0.4 is 21.1 Å². The number of primary amides is 1. The zero-order valence-corrected chi connectivity index (χ0v) is 11.8. The van der Waals surface area contributed by atoms with Crippen LogP contribution in [0.25, 0.3) is 0 Å². The van der Waals surface area contributed by atoms with Gasteiger partial charge in [0.25, 0.3) is 0 Å². The first-order valence-electron chi connectivity index (χ1n) is 6.47. The standard InChI is InChI=1S/C15H18N4O2/c1-21-15-4-2-3-14(18-15)19(10-13(17)20)9-11-5-7-12(16)8-6-11/h2-8H,9-10,16H2,1H3,(H2,17,20). The fraction of sp³-hybridized carbons (Fsp3) is 0.200. The normalized spacial score (nSPS) is 10.1. The zero-order chi connectivity index (χ0) is 15.2. The first-order valence-corrected chi connectivity index (χ1v) is 6.47. The van der Waals surface area contributed by atoms with E-state index in [1.807, 2.05) is 36.4 Å². The van der Waals surface area contributed by atoms with E-state index in [0.717, 1.165) is 5.56 Å². The third-order valence-electron chi connectivity index (χ3n) is 2.94. The van der Waals surface area contributed by atoms with Crippen molar-refractivity contribution in [3.05, 3.63) is 48.0 Å². The van der Waals surface area contributed by atoms with Crippen LogP contribution in [0.2, 0.25) is 0 Å². The van der Waals surface area contributed by atoms with Crippen molar-refractivity contribution in [1.29, 1.82) is 0 Å². The zero-order valence-electron chi connectivity index (χ0n) is 11.8. The Kier molecular flexibility index (Phi) is 4.61. The van der Waals surface area contributed by atoms with Gasteiger partial charge < -0.3 is 21.1 Å². The molecule has 0 bridgehead atoms. The van der Waals surface area contributed by atoms with Gasteiger partial charge in [0.05, 0.1) is 13.7 Å². The average molecular weight is 286 g/mol. The first kappa shape index (κ1) is 14.6. The Morgan fingerprint density at radius 2 is 1.95 bits per heavy atom. The topological polar surface area (TPSA) is 94.5 Å². The molecule has 0 saturated heterocycles. The van der Waals surface area contributed by atoms with Crippen molar-refractivity contribution in [2.45, 2.75) is 6.54 Å². The van der Waals surface area contributed by atoms with Gasteiger partial charge in [-0.3, -0.25) is 4.79 Å². The molecule has 2 rings (SSSR count). The molecule has 0 aliphatic rings. The fourth-order valence-corrected chi connectivity index (χ4v) is 1.94. The lowest BCUT2D eigenvalue weighted by Gasteiger charge is -2.22. The van der Waals surface area contributed by atoms with Crippen LogP contribution in [-0.4, -0.2) is 24.5 Å². The number of carbonyl (C=O) groups is 1. The molecule has 0 unspecified atom stereocenters. The number of nitrogens with zero attached hydrogens (tertiary/aromatic N) is 2. The highest BCUT2D eigenvalue weighted by atomic mass is 16.5. The van der Waals surface area contributed by atoms with E-state index in [1.165, 1.54) is 0 Å². The fourth-order valence-electron chi connectivity index (χ4n) is 1.94. The second-order valence-corrected chi connectivity index (χ2v) is 4.60. The van der Waals surface area contributed by atoms with Gasteiger partial charge in [0.15, 0.2) is 0 Å². The minimum absolute atomic E-state index is 0.0740. The van der Waals surface area contributed by atoms with Crippen molar-refractivity contribution >= 4 is 17.4 Å². The number of methoxy groups -OCH3 is 1. The number of rotatable bonds is 6. The van der Waals surface area contributed by atoms with Crippen molar-refractivity contribution in [2.24, 2.45) is 5.73 Å². The Labute approximate surface area is 123 Å². The first-order chi connectivity index (χ1) is 10.1. The molecule has 110 valence electrons. The summed E-state index contributed by atoms with van der Waals surface area (Å²) in [6, 6.07) is 12.8. The molecule has 1 heterocycles. The predicted octanol–water partition coefficient (Wildman–Crippen LogP) is 1.16. The van der Waals surface area contributed by atoms with Crippen LogP contribution in [0.15, 0.2) is 42.5 Å². The van der Waals surface area contributed by atoms with Crippen molar-refractivity contribution in [2.75, 3.05) is 24.3 Å². The monoisotopic (exact) mass is 286 g/mol. The molecule has 1 aromatic carbocycles. The lowest BCUT2D eigenvalue weighted by atomic mass is 10.2. The van der Waals surface area contributed by atoms with E-state index in [0.29, 0.717) is 23.9 Å². The molecule has 0 aliphatic heterocycles. The number of carbonyl (C=O) groups excluding carboxylic acids is 1. The van der Waals surface area contributed by atoms with Gasteiger partial charge >= 0.3 is 0 Å². The molecule has 0 fully saturated rings. The van der Waals surface area contributed by atoms with Gasteiger partial charge in [-0.1, -0.05) is 18.2 Å². The molecule has 6 nitrogen and oxygen atoms in total. The third-order valence-corrected chi connectivity index (χ3v) is 2.94. The highest BCUT2D eigenvalue weighted by molar-refractivity contribution is 5.79. The third kappa shape index (κ3) is 4.10. The van der Waals surface area contributed by atoms with E-state index >= 15 is 0 Å². The Morgan fingerprint density at radius 1 is 1.24 bits per heavy atom. The second-order valence-electron chi connectivity index (χ2n) is 4.60. The van der Waals surface area contributed by atoms with Gasteiger partial charge in [-0.25, -0.2) is 0 Å². The average Bonchev–Trinajstić information content (AvgIpc) is 2.48. The molecule has 0 atom stereocenters. The van der Waals surface area contributed by atoms with Crippen LogP contribution in [-0.2, 0) is 11.3 Å². The Morgan fingerprint density at radius 3 is 2.57 bits per heavy atom. The summed E-state index contributed by atoms with van der Waals surface area (Å²) >= 11 is 0. The van der Waals surface area contributed by atoms with Crippen molar-refractivity contribution in [1.82, 2.24) is 4.98 Å². The number of nitrogens with two attached hydrogens (primary N) is 2. The summed E-state index contributed by atoms with van der Waals surface area (Å²) in [6.07, 6.45) is 0. The number of ether oxygens (including phenoxy) is 1. The number of hydrogen-bond acceptors (Lipinski definition) is 5. The van der Waals surface area contributed by atoms with Crippen molar-refractivity contribution in [3.63, 3.8) is 0 Å². The molecule has 6 heteroatoms. The number of hydrogen-bond donors (Lipinski definition) is 2. The summed E-state index contributed by atoms with van der Waals surface area (Å²) in [5.41, 5.74) is 12.7. The Balaban J connectivity index is 2.24. The van der Waals surface area contributed by atoms with Crippen molar-refractivity contribution in [3.8, 4) is 5.88 Å². The van der Waals surface area contributed by atoms with Gasteiger partial charge in [-0.2, -0.15) is 4.98 Å². The van der Waals surface area contributed by atoms with Gasteiger partial charge in [0, 0.05) is 18.3 Å². The van der Waals surface area contributed by atoms with Gasteiger partial charge in [-0.05, 0) is 23.8 Å². The summed E-state index contributed by atoms with van der Waals surface area (Å²) < 4.78 is 5.11. The summed E-state index contributed by atoms with van der Waals surface area (Å²) in [7, 11) is 1.55. The molecular weight excluding hydrogens is 268 g/mol. The van der Waals surface area contributed by atoms with Crippen LogP contribution >= 0.6 is 0 Å². The summed E-state index contributed by atoms with van der Waals surface area (Å²) in [5.74, 6) is 0.694. The highest BCUT2D eigenvalue weighted by Crippen LogP contribution is 2.18. The number of nitrogen functional groups attached to an aromatic ring is 1. The van der Waals surface area contributed by atoms with E-state index in [1.54, 1.807) is 18.1 Å². The minimum atomic E-state index is -0.421. The SMILES string of the molecule is COc1cccc(N(CC(N)=O)Cc2ccc(N)cc2)n1. The highest BCUT2D eigenvalue weighted by Gasteiger charge is 2.12. The maximum atomic E-state index is 11.3. The molecule has 0 spiro atoms. The molecule has 21 heavy (non-hydrogen) atoms. The van der Waals surface area contributed by atoms with Crippen LogP contribution in [0.1, 0.15) is 5.56 Å². The van der Waals surface area contributed by atoms with Crippen LogP contribution in [0.5, 0.6) is 5.88 Å². The van der Waals surface area contributed by atoms with E-state index in [9.17, 15) is 4.79 Å². The lowest BCUT2D eigenvalue weighted by molar-refractivity contribution is -0.116. The summed E-state index contributed by atoms with van der Waals surface area (Å²) in [5, 5.41) is 0. The van der Waals surface area contributed by atoms with Gasteiger partial charge in [-0.15, -0.1) is 0 Å². The van der Waals surface area contributed by atoms with Crippen molar-refractivity contribution < 1.29 is 9.53 Å². The minimum Gasteiger partial charge on any atom is -0.481 e. The van der Waals surface area contributed by atoms with Crippen LogP contribution in [0.3, 0.4) is 0 Å². The Bertz CT molecular complexity index is 613. The van der Waals surface area contributed by atoms with E-state index in [-0.39, 0.29) is 6.54 Å². The molecule has 4 N–H and O–H groups in total. The summed E-state index contributed by atoms with van der Waals surface area (Å²) in [6.45, 7) is 0.577. The smallest absolute Gasteiger partial charge is 0.237 e. The maximum absolute atomic E-state index is 11.3. The van der Waals surface area contributed by atoms with E-state index < -0.39 is 5.91 Å². The number of benzene rings is 1. The largest absolute Gasteiger partial charge is 0.481 e. The number of anilines is 2.